The Kier molecular flexibility index (Phi) is 4.63. The summed E-state index contributed by atoms with van der Waals surface area (Å²) in [4.78, 5) is 0.114. The second-order valence-electron chi connectivity index (χ2n) is 6.30. The lowest BCUT2D eigenvalue weighted by Crippen LogP contribution is -2.18. The van der Waals surface area contributed by atoms with Gasteiger partial charge in [0.15, 0.2) is 9.84 Å². The summed E-state index contributed by atoms with van der Waals surface area (Å²) < 4.78 is 26.1. The number of hydrogen-bond donors (Lipinski definition) is 1. The monoisotopic (exact) mass is 375 g/mol. The van der Waals surface area contributed by atoms with Crippen molar-refractivity contribution in [3.05, 3.63) is 64.7 Å². The third-order valence-electron chi connectivity index (χ3n) is 4.95. The van der Waals surface area contributed by atoms with Crippen LogP contribution in [-0.4, -0.2) is 25.4 Å². The third kappa shape index (κ3) is 2.85. The highest BCUT2D eigenvalue weighted by Gasteiger charge is 2.72. The number of aliphatic hydroxyl groups excluding tert-OH is 1. The minimum absolute atomic E-state index is 0.114. The first-order chi connectivity index (χ1) is 11.9. The van der Waals surface area contributed by atoms with Crippen molar-refractivity contribution in [1.29, 1.82) is 5.26 Å². The molecule has 130 valence electrons. The molecule has 1 aliphatic carbocycles. The van der Waals surface area contributed by atoms with E-state index in [2.05, 4.69) is 6.07 Å². The summed E-state index contributed by atoms with van der Waals surface area (Å²) in [6.07, 6.45) is 0.876. The van der Waals surface area contributed by atoms with Crippen LogP contribution in [0.3, 0.4) is 0 Å². The molecular weight excluding hydrogens is 358 g/mol. The molecule has 1 N–H and O–H groups in total. The predicted octanol–water partition coefficient (Wildman–Crippen LogP) is 3.34. The lowest BCUT2D eigenvalue weighted by Gasteiger charge is -2.06. The average Bonchev–Trinajstić information content (AvgIpc) is 3.33. The fourth-order valence-electron chi connectivity index (χ4n) is 3.42. The number of rotatable bonds is 5. The van der Waals surface area contributed by atoms with Gasteiger partial charge in [-0.25, -0.2) is 8.42 Å². The molecule has 6 heteroatoms. The number of sulfone groups is 1. The SMILES string of the molecule is CCc1ccc([C@@H]2[C@@H](S(=O)(=O)c3ccc(Cl)cc3)[C@]2(C#N)CO)cc1. The Morgan fingerprint density at radius 3 is 2.24 bits per heavy atom. The summed E-state index contributed by atoms with van der Waals surface area (Å²) in [6.45, 7) is 1.54. The standard InChI is InChI=1S/C19H18ClNO3S/c1-2-13-3-5-14(6-4-13)17-18(19(17,11-21)12-22)25(23,24)16-9-7-15(20)8-10-16/h3-10,17-18,22H,2,12H2,1H3/t17-,18-,19-/m1/s1. The molecule has 0 amide bonds. The molecule has 3 atom stereocenters. The van der Waals surface area contributed by atoms with Crippen molar-refractivity contribution in [3.8, 4) is 6.07 Å². The van der Waals surface area contributed by atoms with Crippen LogP contribution in [0.2, 0.25) is 5.02 Å². The Morgan fingerprint density at radius 1 is 1.16 bits per heavy atom. The van der Waals surface area contributed by atoms with E-state index < -0.39 is 33.0 Å². The number of hydrogen-bond acceptors (Lipinski definition) is 4. The van der Waals surface area contributed by atoms with E-state index in [4.69, 9.17) is 11.6 Å². The number of aliphatic hydroxyl groups is 1. The normalized spacial score (nSPS) is 25.4. The molecule has 0 bridgehead atoms. The molecule has 1 aliphatic rings. The van der Waals surface area contributed by atoms with E-state index in [0.29, 0.717) is 5.02 Å². The summed E-state index contributed by atoms with van der Waals surface area (Å²) in [5, 5.41) is 18.9. The van der Waals surface area contributed by atoms with E-state index in [9.17, 15) is 18.8 Å². The van der Waals surface area contributed by atoms with Gasteiger partial charge in [0.25, 0.3) is 0 Å². The third-order valence-corrected chi connectivity index (χ3v) is 7.49. The molecule has 1 saturated carbocycles. The molecule has 3 rings (SSSR count). The van der Waals surface area contributed by atoms with E-state index in [0.717, 1.165) is 17.5 Å². The highest BCUT2D eigenvalue weighted by molar-refractivity contribution is 7.92. The van der Waals surface area contributed by atoms with Crippen molar-refractivity contribution in [2.45, 2.75) is 29.4 Å². The molecule has 2 aromatic carbocycles. The minimum Gasteiger partial charge on any atom is -0.395 e. The Hall–Kier alpha value is -1.87. The van der Waals surface area contributed by atoms with Crippen molar-refractivity contribution in [2.24, 2.45) is 5.41 Å². The molecule has 0 aromatic heterocycles. The molecule has 0 spiro atoms. The molecule has 0 unspecified atom stereocenters. The van der Waals surface area contributed by atoms with Crippen molar-refractivity contribution in [2.75, 3.05) is 6.61 Å². The first-order valence-electron chi connectivity index (χ1n) is 8.01. The van der Waals surface area contributed by atoms with Crippen molar-refractivity contribution in [1.82, 2.24) is 0 Å². The van der Waals surface area contributed by atoms with E-state index in [-0.39, 0.29) is 4.90 Å². The quantitative estimate of drug-likeness (QED) is 0.869. The summed E-state index contributed by atoms with van der Waals surface area (Å²) in [5.74, 6) is -0.547. The number of benzene rings is 2. The van der Waals surface area contributed by atoms with E-state index in [1.54, 1.807) is 0 Å². The van der Waals surface area contributed by atoms with Gasteiger partial charge in [-0.1, -0.05) is 42.8 Å². The van der Waals surface area contributed by atoms with Gasteiger partial charge < -0.3 is 5.11 Å². The predicted molar refractivity (Wildman–Crippen MR) is 96.1 cm³/mol. The maximum Gasteiger partial charge on any atom is 0.183 e. The van der Waals surface area contributed by atoms with Gasteiger partial charge in [-0.2, -0.15) is 5.26 Å². The second-order valence-corrected chi connectivity index (χ2v) is 8.81. The zero-order valence-corrected chi connectivity index (χ0v) is 15.3. The molecule has 0 radical (unpaired) electrons. The lowest BCUT2D eigenvalue weighted by molar-refractivity contribution is 0.242. The second kappa shape index (κ2) is 6.45. The molecule has 0 heterocycles. The molecule has 0 saturated heterocycles. The van der Waals surface area contributed by atoms with Crippen LogP contribution < -0.4 is 0 Å². The van der Waals surface area contributed by atoms with E-state index in [1.807, 2.05) is 31.2 Å². The fourth-order valence-corrected chi connectivity index (χ4v) is 5.86. The molecule has 2 aromatic rings. The first-order valence-corrected chi connectivity index (χ1v) is 9.93. The van der Waals surface area contributed by atoms with Crippen LogP contribution in [0.25, 0.3) is 0 Å². The minimum atomic E-state index is -3.77. The topological polar surface area (TPSA) is 78.2 Å². The van der Waals surface area contributed by atoms with Crippen molar-refractivity contribution in [3.63, 3.8) is 0 Å². The van der Waals surface area contributed by atoms with Gasteiger partial charge in [-0.3, -0.25) is 0 Å². The summed E-state index contributed by atoms with van der Waals surface area (Å²) in [7, 11) is -3.77. The highest BCUT2D eigenvalue weighted by atomic mass is 35.5. The number of aryl methyl sites for hydroxylation is 1. The van der Waals surface area contributed by atoms with Crippen LogP contribution in [0.1, 0.15) is 24.0 Å². The number of nitriles is 1. The Balaban J connectivity index is 2.04. The molecular formula is C19H18ClNO3S. The molecule has 4 nitrogen and oxygen atoms in total. The van der Waals surface area contributed by atoms with E-state index >= 15 is 0 Å². The van der Waals surface area contributed by atoms with Crippen LogP contribution in [-0.2, 0) is 16.3 Å². The summed E-state index contributed by atoms with van der Waals surface area (Å²) in [6, 6.07) is 15.5. The van der Waals surface area contributed by atoms with Crippen LogP contribution in [0.15, 0.2) is 53.4 Å². The van der Waals surface area contributed by atoms with Gasteiger partial charge in [0, 0.05) is 10.9 Å². The molecule has 25 heavy (non-hydrogen) atoms. The Labute approximate surface area is 152 Å². The summed E-state index contributed by atoms with van der Waals surface area (Å²) in [5.41, 5.74) is 0.579. The Morgan fingerprint density at radius 2 is 1.76 bits per heavy atom. The lowest BCUT2D eigenvalue weighted by atomic mass is 10.00. The zero-order valence-electron chi connectivity index (χ0n) is 13.7. The van der Waals surface area contributed by atoms with Gasteiger partial charge in [-0.05, 0) is 41.8 Å². The van der Waals surface area contributed by atoms with Crippen molar-refractivity contribution >= 4 is 21.4 Å². The van der Waals surface area contributed by atoms with E-state index in [1.165, 1.54) is 24.3 Å². The van der Waals surface area contributed by atoms with Gasteiger partial charge in [0.2, 0.25) is 0 Å². The first kappa shape index (κ1) is 17.9. The maximum atomic E-state index is 13.0. The molecule has 1 fully saturated rings. The largest absolute Gasteiger partial charge is 0.395 e. The van der Waals surface area contributed by atoms with Gasteiger partial charge >= 0.3 is 0 Å². The Bertz CT molecular complexity index is 917. The van der Waals surface area contributed by atoms with Gasteiger partial charge in [0.05, 0.1) is 22.8 Å². The van der Waals surface area contributed by atoms with Crippen LogP contribution in [0, 0.1) is 16.7 Å². The highest BCUT2D eigenvalue weighted by Crippen LogP contribution is 2.63. The maximum absolute atomic E-state index is 13.0. The fraction of sp³-hybridized carbons (Fsp3) is 0.316. The van der Waals surface area contributed by atoms with Crippen LogP contribution in [0.5, 0.6) is 0 Å². The number of halogens is 1. The molecule has 0 aliphatic heterocycles. The van der Waals surface area contributed by atoms with Gasteiger partial charge in [-0.15, -0.1) is 0 Å². The van der Waals surface area contributed by atoms with Gasteiger partial charge in [0.1, 0.15) is 5.41 Å². The summed E-state index contributed by atoms with van der Waals surface area (Å²) >= 11 is 5.83. The van der Waals surface area contributed by atoms with Crippen molar-refractivity contribution < 1.29 is 13.5 Å². The van der Waals surface area contributed by atoms with Crippen LogP contribution >= 0.6 is 11.6 Å². The smallest absolute Gasteiger partial charge is 0.183 e. The number of nitrogens with zero attached hydrogens (tertiary/aromatic N) is 1. The average molecular weight is 376 g/mol. The van der Waals surface area contributed by atoms with Crippen LogP contribution in [0.4, 0.5) is 0 Å². The zero-order chi connectivity index (χ0) is 18.2.